The van der Waals surface area contributed by atoms with Gasteiger partial charge in [0.25, 0.3) is 0 Å². The Bertz CT molecular complexity index is 829. The van der Waals surface area contributed by atoms with Gasteiger partial charge in [0.2, 0.25) is 0 Å². The maximum absolute atomic E-state index is 6.30. The molecule has 3 rings (SSSR count). The lowest BCUT2D eigenvalue weighted by Crippen LogP contribution is -2.15. The fourth-order valence-corrected chi connectivity index (χ4v) is 3.28. The molecule has 1 N–H and O–H groups in total. The zero-order valence-electron chi connectivity index (χ0n) is 17.4. The second-order valence-electron chi connectivity index (χ2n) is 7.30. The van der Waals surface area contributed by atoms with Crippen molar-refractivity contribution in [3.63, 3.8) is 0 Å². The first-order valence-corrected chi connectivity index (χ1v) is 10.3. The van der Waals surface area contributed by atoms with Crippen LogP contribution in [0.3, 0.4) is 0 Å². The Balaban J connectivity index is 1.42. The van der Waals surface area contributed by atoms with Gasteiger partial charge in [-0.1, -0.05) is 72.3 Å². The Morgan fingerprint density at radius 2 is 1.48 bits per heavy atom. The van der Waals surface area contributed by atoms with Gasteiger partial charge in [-0.05, 0) is 55.1 Å². The monoisotopic (exact) mass is 389 g/mol. The van der Waals surface area contributed by atoms with Gasteiger partial charge in [0, 0.05) is 13.2 Å². The molecule has 0 amide bonds. The van der Waals surface area contributed by atoms with Gasteiger partial charge >= 0.3 is 0 Å². The molecule has 0 aliphatic rings. The van der Waals surface area contributed by atoms with Crippen molar-refractivity contribution in [1.29, 1.82) is 0 Å². The van der Waals surface area contributed by atoms with Crippen molar-refractivity contribution in [2.24, 2.45) is 0 Å². The lowest BCUT2D eigenvalue weighted by molar-refractivity contribution is 0.0772. The predicted molar refractivity (Wildman–Crippen MR) is 119 cm³/mol. The van der Waals surface area contributed by atoms with Gasteiger partial charge in [0.1, 0.15) is 11.9 Å². The van der Waals surface area contributed by atoms with Crippen molar-refractivity contribution in [1.82, 2.24) is 5.32 Å². The molecule has 152 valence electrons. The van der Waals surface area contributed by atoms with Gasteiger partial charge in [0.05, 0.1) is 7.11 Å². The van der Waals surface area contributed by atoms with E-state index in [0.29, 0.717) is 0 Å². The van der Waals surface area contributed by atoms with Crippen LogP contribution in [-0.4, -0.2) is 20.3 Å². The first-order chi connectivity index (χ1) is 14.3. The maximum Gasteiger partial charge on any atom is 0.118 e. The molecule has 1 atom stereocenters. The highest BCUT2D eigenvalue weighted by Crippen LogP contribution is 2.26. The van der Waals surface area contributed by atoms with Gasteiger partial charge in [-0.25, -0.2) is 0 Å². The van der Waals surface area contributed by atoms with Crippen LogP contribution in [0.1, 0.15) is 41.2 Å². The summed E-state index contributed by atoms with van der Waals surface area (Å²) in [6.07, 6.45) is 2.11. The standard InChI is InChI=1S/C26H31NO2/c1-21-10-14-24(15-11-21)26(23-8-4-3-5-9-23)29-19-7-6-18-27-20-22-12-16-25(28-2)17-13-22/h3-5,8-17,26-27H,6-7,18-20H2,1-2H3. The van der Waals surface area contributed by atoms with E-state index in [1.54, 1.807) is 7.11 Å². The average molecular weight is 390 g/mol. The van der Waals surface area contributed by atoms with Crippen LogP contribution in [0.5, 0.6) is 5.75 Å². The molecule has 3 nitrogen and oxygen atoms in total. The molecule has 0 fully saturated rings. The van der Waals surface area contributed by atoms with Crippen molar-refractivity contribution in [2.75, 3.05) is 20.3 Å². The highest BCUT2D eigenvalue weighted by atomic mass is 16.5. The molecule has 0 aromatic heterocycles. The molecule has 0 aliphatic carbocycles. The lowest BCUT2D eigenvalue weighted by Gasteiger charge is -2.19. The largest absolute Gasteiger partial charge is 0.497 e. The highest BCUT2D eigenvalue weighted by molar-refractivity contribution is 5.32. The van der Waals surface area contributed by atoms with Crippen LogP contribution >= 0.6 is 0 Å². The fraction of sp³-hybridized carbons (Fsp3) is 0.308. The molecule has 3 aromatic carbocycles. The molecule has 0 saturated carbocycles. The molecular weight excluding hydrogens is 358 g/mol. The molecule has 3 heteroatoms. The van der Waals surface area contributed by atoms with E-state index in [1.807, 2.05) is 18.2 Å². The van der Waals surface area contributed by atoms with Crippen molar-refractivity contribution >= 4 is 0 Å². The normalized spacial score (nSPS) is 11.9. The van der Waals surface area contributed by atoms with E-state index in [2.05, 4.69) is 72.9 Å². The van der Waals surface area contributed by atoms with Crippen LogP contribution in [0.15, 0.2) is 78.9 Å². The Morgan fingerprint density at radius 3 is 2.17 bits per heavy atom. The van der Waals surface area contributed by atoms with E-state index in [1.165, 1.54) is 22.3 Å². The minimum Gasteiger partial charge on any atom is -0.497 e. The fourth-order valence-electron chi connectivity index (χ4n) is 3.28. The third kappa shape index (κ3) is 6.74. The Morgan fingerprint density at radius 1 is 0.793 bits per heavy atom. The van der Waals surface area contributed by atoms with Crippen LogP contribution in [0.4, 0.5) is 0 Å². The summed E-state index contributed by atoms with van der Waals surface area (Å²) in [6.45, 7) is 4.72. The highest BCUT2D eigenvalue weighted by Gasteiger charge is 2.14. The second-order valence-corrected chi connectivity index (χ2v) is 7.30. The number of unbranched alkanes of at least 4 members (excludes halogenated alkanes) is 1. The Labute approximate surface area is 174 Å². The molecule has 0 saturated heterocycles. The smallest absolute Gasteiger partial charge is 0.118 e. The van der Waals surface area contributed by atoms with Crippen LogP contribution < -0.4 is 10.1 Å². The SMILES string of the molecule is COc1ccc(CNCCCCOC(c2ccccc2)c2ccc(C)cc2)cc1. The average Bonchev–Trinajstić information content (AvgIpc) is 2.77. The molecule has 0 heterocycles. The summed E-state index contributed by atoms with van der Waals surface area (Å²) < 4.78 is 11.5. The summed E-state index contributed by atoms with van der Waals surface area (Å²) in [7, 11) is 1.69. The topological polar surface area (TPSA) is 30.5 Å². The Kier molecular flexibility index (Phi) is 8.29. The number of hydrogen-bond acceptors (Lipinski definition) is 3. The molecule has 0 bridgehead atoms. The van der Waals surface area contributed by atoms with E-state index in [4.69, 9.17) is 9.47 Å². The molecule has 0 aliphatic heterocycles. The van der Waals surface area contributed by atoms with E-state index < -0.39 is 0 Å². The van der Waals surface area contributed by atoms with Gasteiger partial charge in [-0.2, -0.15) is 0 Å². The van der Waals surface area contributed by atoms with Crippen LogP contribution in [0.25, 0.3) is 0 Å². The summed E-state index contributed by atoms with van der Waals surface area (Å²) in [6, 6.07) is 27.3. The predicted octanol–water partition coefficient (Wildman–Crippen LogP) is 5.68. The summed E-state index contributed by atoms with van der Waals surface area (Å²) in [4.78, 5) is 0. The van der Waals surface area contributed by atoms with Crippen LogP contribution in [0.2, 0.25) is 0 Å². The number of hydrogen-bond donors (Lipinski definition) is 1. The minimum atomic E-state index is -0.0101. The number of benzene rings is 3. The summed E-state index contributed by atoms with van der Waals surface area (Å²) in [5.74, 6) is 0.896. The van der Waals surface area contributed by atoms with Gasteiger partial charge < -0.3 is 14.8 Å². The van der Waals surface area contributed by atoms with E-state index in [-0.39, 0.29) is 6.10 Å². The quantitative estimate of drug-likeness (QED) is 0.428. The van der Waals surface area contributed by atoms with E-state index in [9.17, 15) is 0 Å². The van der Waals surface area contributed by atoms with Crippen LogP contribution in [-0.2, 0) is 11.3 Å². The molecule has 3 aromatic rings. The summed E-state index contributed by atoms with van der Waals surface area (Å²) in [5.41, 5.74) is 4.95. The molecule has 0 spiro atoms. The van der Waals surface area contributed by atoms with Gasteiger partial charge in [-0.15, -0.1) is 0 Å². The van der Waals surface area contributed by atoms with Gasteiger partial charge in [0.15, 0.2) is 0 Å². The number of aryl methyl sites for hydroxylation is 1. The molecule has 1 unspecified atom stereocenters. The zero-order chi connectivity index (χ0) is 20.3. The first kappa shape index (κ1) is 21.1. The Hall–Kier alpha value is -2.62. The van der Waals surface area contributed by atoms with Gasteiger partial charge in [-0.3, -0.25) is 0 Å². The number of ether oxygens (including phenoxy) is 2. The van der Waals surface area contributed by atoms with Crippen molar-refractivity contribution in [2.45, 2.75) is 32.4 Å². The number of rotatable bonds is 11. The molecule has 0 radical (unpaired) electrons. The van der Waals surface area contributed by atoms with Crippen LogP contribution in [0, 0.1) is 6.92 Å². The number of methoxy groups -OCH3 is 1. The summed E-state index contributed by atoms with van der Waals surface area (Å²) in [5, 5.41) is 3.50. The third-order valence-electron chi connectivity index (χ3n) is 5.00. The zero-order valence-corrected chi connectivity index (χ0v) is 17.4. The molecular formula is C26H31NO2. The van der Waals surface area contributed by atoms with E-state index >= 15 is 0 Å². The lowest BCUT2D eigenvalue weighted by atomic mass is 10.0. The van der Waals surface area contributed by atoms with E-state index in [0.717, 1.165) is 38.3 Å². The maximum atomic E-state index is 6.30. The van der Waals surface area contributed by atoms with Crippen molar-refractivity contribution in [3.05, 3.63) is 101 Å². The van der Waals surface area contributed by atoms with Crippen molar-refractivity contribution in [3.8, 4) is 5.75 Å². The minimum absolute atomic E-state index is 0.0101. The first-order valence-electron chi connectivity index (χ1n) is 10.3. The summed E-state index contributed by atoms with van der Waals surface area (Å²) >= 11 is 0. The third-order valence-corrected chi connectivity index (χ3v) is 5.00. The molecule has 29 heavy (non-hydrogen) atoms. The number of nitrogens with one attached hydrogen (secondary N) is 1. The van der Waals surface area contributed by atoms with Crippen molar-refractivity contribution < 1.29 is 9.47 Å². The second kappa shape index (κ2) is 11.4.